The zero-order valence-corrected chi connectivity index (χ0v) is 20.6. The predicted octanol–water partition coefficient (Wildman–Crippen LogP) is 5.72. The highest BCUT2D eigenvalue weighted by atomic mass is 32.2. The van der Waals surface area contributed by atoms with Gasteiger partial charge in [-0.2, -0.15) is 5.10 Å². The van der Waals surface area contributed by atoms with Gasteiger partial charge in [0.25, 0.3) is 0 Å². The molecule has 0 bridgehead atoms. The van der Waals surface area contributed by atoms with Crippen molar-refractivity contribution in [2.45, 2.75) is 20.1 Å². The number of fused-ring (bicyclic) bond motifs is 1. The van der Waals surface area contributed by atoms with E-state index in [-0.39, 0.29) is 22.2 Å². The summed E-state index contributed by atoms with van der Waals surface area (Å²) in [6.07, 6.45) is 0. The molecule has 0 amide bonds. The van der Waals surface area contributed by atoms with Gasteiger partial charge in [0, 0.05) is 28.6 Å². The lowest BCUT2D eigenvalue weighted by atomic mass is 9.93. The molecule has 188 valence electrons. The predicted molar refractivity (Wildman–Crippen MR) is 138 cm³/mol. The van der Waals surface area contributed by atoms with Crippen molar-refractivity contribution in [1.82, 2.24) is 9.78 Å². The van der Waals surface area contributed by atoms with Crippen LogP contribution < -0.4 is 5.73 Å². The molecule has 4 aromatic carbocycles. The summed E-state index contributed by atoms with van der Waals surface area (Å²) in [5, 5.41) is 5.12. The van der Waals surface area contributed by atoms with Gasteiger partial charge in [-0.3, -0.25) is 4.18 Å². The van der Waals surface area contributed by atoms with Crippen molar-refractivity contribution >= 4 is 22.3 Å². The Bertz CT molecular complexity index is 1640. The first-order valence-electron chi connectivity index (χ1n) is 11.5. The van der Waals surface area contributed by atoms with Crippen LogP contribution >= 0.6 is 0 Å². The molecular weight excluding hydrogens is 496 g/mol. The average molecular weight is 519 g/mol. The van der Waals surface area contributed by atoms with E-state index in [1.54, 1.807) is 49.4 Å². The van der Waals surface area contributed by atoms with Crippen LogP contribution in [-0.4, -0.2) is 18.5 Å². The molecule has 0 aliphatic rings. The minimum absolute atomic E-state index is 0.00716. The molecule has 5 rings (SSSR count). The molecule has 1 heterocycles. The van der Waals surface area contributed by atoms with Crippen molar-refractivity contribution in [1.29, 1.82) is 0 Å². The van der Waals surface area contributed by atoms with Gasteiger partial charge in [0.05, 0.1) is 29.3 Å². The van der Waals surface area contributed by atoms with Gasteiger partial charge >= 0.3 is 0 Å². The molecule has 0 aliphatic carbocycles. The molecule has 5 aromatic rings. The fourth-order valence-corrected chi connectivity index (χ4v) is 4.71. The zero-order valence-electron chi connectivity index (χ0n) is 19.8. The minimum atomic E-state index is -2.85. The van der Waals surface area contributed by atoms with E-state index in [1.807, 2.05) is 24.3 Å². The van der Waals surface area contributed by atoms with Crippen molar-refractivity contribution < 1.29 is 21.7 Å². The number of benzene rings is 4. The molecule has 1 aromatic heterocycles. The molecule has 0 spiro atoms. The Kier molecular flexibility index (Phi) is 6.94. The smallest absolute Gasteiger partial charge is 0.157 e. The molecule has 2 N–H and O–H groups in total. The largest absolute Gasteiger partial charge is 0.750 e. The fourth-order valence-electron chi connectivity index (χ4n) is 4.49. The van der Waals surface area contributed by atoms with Crippen LogP contribution in [-0.2, 0) is 28.7 Å². The van der Waals surface area contributed by atoms with Crippen LogP contribution in [0.5, 0.6) is 0 Å². The number of nitrogens with two attached hydrogens (primary N) is 1. The van der Waals surface area contributed by atoms with E-state index in [0.717, 1.165) is 5.56 Å². The van der Waals surface area contributed by atoms with E-state index in [4.69, 9.17) is 9.92 Å². The maximum Gasteiger partial charge on any atom is 0.157 e. The van der Waals surface area contributed by atoms with E-state index in [0.29, 0.717) is 34.4 Å². The monoisotopic (exact) mass is 518 g/mol. The summed E-state index contributed by atoms with van der Waals surface area (Å²) in [7, 11) is 0. The van der Waals surface area contributed by atoms with E-state index in [2.05, 4.69) is 5.10 Å². The Morgan fingerprint density at radius 3 is 2.38 bits per heavy atom. The third-order valence-corrected chi connectivity index (χ3v) is 6.59. The summed E-state index contributed by atoms with van der Waals surface area (Å²) in [6, 6.07) is 22.6. The number of hydrogen-bond donors (Lipinski definition) is 1. The van der Waals surface area contributed by atoms with Crippen LogP contribution in [0.3, 0.4) is 0 Å². The number of aromatic nitrogens is 2. The number of rotatable bonds is 7. The lowest BCUT2D eigenvalue weighted by molar-refractivity contribution is 0.287. The van der Waals surface area contributed by atoms with Gasteiger partial charge < -0.3 is 10.3 Å². The van der Waals surface area contributed by atoms with E-state index < -0.39 is 29.6 Å². The van der Waals surface area contributed by atoms with Crippen LogP contribution in [0.4, 0.5) is 8.78 Å². The van der Waals surface area contributed by atoms with Crippen molar-refractivity contribution in [2.75, 3.05) is 0 Å². The topological polar surface area (TPSA) is 93.2 Å². The highest BCUT2D eigenvalue weighted by Crippen LogP contribution is 2.37. The summed E-state index contributed by atoms with van der Waals surface area (Å²) >= 11 is -2.85. The summed E-state index contributed by atoms with van der Waals surface area (Å²) in [5.41, 5.74) is 9.22. The Morgan fingerprint density at radius 2 is 1.65 bits per heavy atom. The number of halogens is 2. The molecule has 6 nitrogen and oxygen atoms in total. The van der Waals surface area contributed by atoms with Crippen LogP contribution in [0, 0.1) is 18.6 Å². The average Bonchev–Trinajstić information content (AvgIpc) is 3.26. The first-order chi connectivity index (χ1) is 17.9. The lowest BCUT2D eigenvalue weighted by Crippen LogP contribution is -2.04. The Morgan fingerprint density at radius 1 is 0.946 bits per heavy atom. The maximum atomic E-state index is 16.2. The molecular formula is C28H22F2N3O3S-. The Balaban J connectivity index is 1.71. The molecule has 0 aliphatic heterocycles. The van der Waals surface area contributed by atoms with Gasteiger partial charge in [0.2, 0.25) is 0 Å². The van der Waals surface area contributed by atoms with Gasteiger partial charge in [-0.05, 0) is 35.7 Å². The third kappa shape index (κ3) is 4.70. The summed E-state index contributed by atoms with van der Waals surface area (Å²) in [6.45, 7) is 1.56. The van der Waals surface area contributed by atoms with Gasteiger partial charge in [0.1, 0.15) is 11.3 Å². The minimum Gasteiger partial charge on any atom is -0.750 e. The van der Waals surface area contributed by atoms with E-state index in [1.165, 1.54) is 16.8 Å². The highest BCUT2D eigenvalue weighted by Gasteiger charge is 2.22. The fraction of sp³-hybridized carbons (Fsp3) is 0.107. The van der Waals surface area contributed by atoms with Crippen LogP contribution in [0.25, 0.3) is 38.8 Å². The van der Waals surface area contributed by atoms with Gasteiger partial charge in [-0.25, -0.2) is 17.7 Å². The van der Waals surface area contributed by atoms with Crippen molar-refractivity contribution in [3.05, 3.63) is 107 Å². The molecule has 0 saturated carbocycles. The normalized spacial score (nSPS) is 12.2. The van der Waals surface area contributed by atoms with Crippen LogP contribution in [0.15, 0.2) is 78.9 Å². The zero-order chi connectivity index (χ0) is 26.1. The Hall–Kier alpha value is -3.76. The summed E-state index contributed by atoms with van der Waals surface area (Å²) < 4.78 is 60.5. The number of aryl methyl sites for hydroxylation is 1. The second-order valence-electron chi connectivity index (χ2n) is 8.48. The summed E-state index contributed by atoms with van der Waals surface area (Å²) in [4.78, 5) is 0. The molecule has 0 radical (unpaired) electrons. The molecule has 9 heteroatoms. The van der Waals surface area contributed by atoms with Crippen molar-refractivity contribution in [3.63, 3.8) is 0 Å². The van der Waals surface area contributed by atoms with Crippen LogP contribution in [0.2, 0.25) is 0 Å². The van der Waals surface area contributed by atoms with Crippen molar-refractivity contribution in [2.24, 2.45) is 5.73 Å². The first kappa shape index (κ1) is 24.9. The van der Waals surface area contributed by atoms with E-state index >= 15 is 8.78 Å². The quantitative estimate of drug-likeness (QED) is 0.278. The molecule has 0 saturated heterocycles. The second kappa shape index (κ2) is 10.3. The van der Waals surface area contributed by atoms with E-state index in [9.17, 15) is 8.76 Å². The molecule has 0 fully saturated rings. The highest BCUT2D eigenvalue weighted by molar-refractivity contribution is 7.74. The van der Waals surface area contributed by atoms with Crippen molar-refractivity contribution in [3.8, 4) is 27.9 Å². The standard InChI is InChI=1S/C28H23F2N3O3S/c1-17-21-10-12-24(27(30)28(21)33(32-17)20-9-5-6-18(14-20)15-31)23-13-11-22(19-7-3-2-4-8-19)25(26(23)29)16-36-37(34)35/h2-14H,15-16,31H2,1H3,(H,34,35)/p-1. The van der Waals surface area contributed by atoms with Gasteiger partial charge in [0.15, 0.2) is 5.82 Å². The summed E-state index contributed by atoms with van der Waals surface area (Å²) in [5.74, 6) is -1.42. The molecule has 1 atom stereocenters. The second-order valence-corrected chi connectivity index (χ2v) is 9.12. The van der Waals surface area contributed by atoms with Gasteiger partial charge in [-0.15, -0.1) is 0 Å². The number of nitrogens with zero attached hydrogens (tertiary/aromatic N) is 2. The van der Waals surface area contributed by atoms with Gasteiger partial charge in [-0.1, -0.05) is 66.7 Å². The van der Waals surface area contributed by atoms with Crippen LogP contribution in [0.1, 0.15) is 16.8 Å². The third-order valence-electron chi connectivity index (χ3n) is 6.28. The maximum absolute atomic E-state index is 16.2. The molecule has 1 unspecified atom stereocenters. The SMILES string of the molecule is Cc1nn(-c2cccc(CN)c2)c2c(F)c(-c3ccc(-c4ccccc4)c(COS(=O)[O-])c3F)ccc12. The molecule has 37 heavy (non-hydrogen) atoms. The lowest BCUT2D eigenvalue weighted by Gasteiger charge is -2.16. The Labute approximate surface area is 214 Å². The number of hydrogen-bond acceptors (Lipinski definition) is 5. The first-order valence-corrected chi connectivity index (χ1v) is 12.5.